The summed E-state index contributed by atoms with van der Waals surface area (Å²) in [7, 11) is 0. The highest BCUT2D eigenvalue weighted by molar-refractivity contribution is 8.15. The normalized spacial score (nSPS) is 17.8. The van der Waals surface area contributed by atoms with E-state index in [1.165, 1.54) is 28.8 Å². The van der Waals surface area contributed by atoms with E-state index in [2.05, 4.69) is 10.3 Å². The zero-order chi connectivity index (χ0) is 21.5. The van der Waals surface area contributed by atoms with Crippen LogP contribution in [0.2, 0.25) is 0 Å². The second kappa shape index (κ2) is 10.2. The van der Waals surface area contributed by atoms with Gasteiger partial charge in [0, 0.05) is 18.7 Å². The van der Waals surface area contributed by atoms with E-state index in [0.29, 0.717) is 29.7 Å². The minimum atomic E-state index is -0.622. The van der Waals surface area contributed by atoms with E-state index in [9.17, 15) is 14.0 Å². The zero-order valence-electron chi connectivity index (χ0n) is 16.9. The molecule has 0 bridgehead atoms. The number of hydrogen-bond donors (Lipinski definition) is 1. The minimum Gasteiger partial charge on any atom is -0.494 e. The Kier molecular flexibility index (Phi) is 7.46. The molecule has 2 aromatic carbocycles. The number of hydrogen-bond acceptors (Lipinski definition) is 5. The smallest absolute Gasteiger partial charge is 0.238 e. The van der Waals surface area contributed by atoms with Gasteiger partial charge in [0.05, 0.1) is 12.3 Å². The number of ether oxygens (including phenoxy) is 1. The van der Waals surface area contributed by atoms with Crippen LogP contribution in [0, 0.1) is 5.82 Å². The van der Waals surface area contributed by atoms with Gasteiger partial charge >= 0.3 is 0 Å². The van der Waals surface area contributed by atoms with Crippen molar-refractivity contribution in [3.05, 3.63) is 54.3 Å². The topological polar surface area (TPSA) is 71.0 Å². The quantitative estimate of drug-likeness (QED) is 0.699. The zero-order valence-corrected chi connectivity index (χ0v) is 17.7. The second-order valence-electron chi connectivity index (χ2n) is 6.68. The number of nitrogens with zero attached hydrogens (tertiary/aromatic N) is 2. The monoisotopic (exact) mass is 429 g/mol. The number of rotatable bonds is 7. The van der Waals surface area contributed by atoms with Crippen molar-refractivity contribution in [2.24, 2.45) is 4.99 Å². The lowest BCUT2D eigenvalue weighted by molar-refractivity contribution is -0.129. The summed E-state index contributed by atoms with van der Waals surface area (Å²) in [6, 6.07) is 12.9. The molecule has 1 unspecified atom stereocenters. The van der Waals surface area contributed by atoms with Crippen LogP contribution in [0.4, 0.5) is 15.8 Å². The third-order valence-corrected chi connectivity index (χ3v) is 5.56. The highest BCUT2D eigenvalue weighted by atomic mass is 32.2. The van der Waals surface area contributed by atoms with Gasteiger partial charge in [-0.3, -0.25) is 14.5 Å². The van der Waals surface area contributed by atoms with Crippen molar-refractivity contribution in [3.63, 3.8) is 0 Å². The first-order chi connectivity index (χ1) is 14.5. The van der Waals surface area contributed by atoms with Gasteiger partial charge < -0.3 is 10.1 Å². The molecule has 158 valence electrons. The lowest BCUT2D eigenvalue weighted by atomic mass is 10.2. The van der Waals surface area contributed by atoms with Crippen LogP contribution in [-0.2, 0) is 9.59 Å². The van der Waals surface area contributed by atoms with E-state index in [1.54, 1.807) is 36.4 Å². The Morgan fingerprint density at radius 2 is 2.03 bits per heavy atom. The lowest BCUT2D eigenvalue weighted by Crippen LogP contribution is -2.45. The number of carbonyl (C=O) groups is 2. The first-order valence-electron chi connectivity index (χ1n) is 9.85. The van der Waals surface area contributed by atoms with Crippen molar-refractivity contribution >= 4 is 40.1 Å². The van der Waals surface area contributed by atoms with E-state index >= 15 is 0 Å². The third-order valence-electron chi connectivity index (χ3n) is 4.38. The fourth-order valence-electron chi connectivity index (χ4n) is 2.89. The van der Waals surface area contributed by atoms with Crippen molar-refractivity contribution in [2.75, 3.05) is 18.5 Å². The van der Waals surface area contributed by atoms with Crippen molar-refractivity contribution in [2.45, 2.75) is 31.9 Å². The van der Waals surface area contributed by atoms with Gasteiger partial charge in [-0.05, 0) is 55.8 Å². The number of benzene rings is 2. The van der Waals surface area contributed by atoms with Crippen LogP contribution in [-0.4, -0.2) is 40.3 Å². The number of nitrogens with one attached hydrogen (secondary N) is 1. The van der Waals surface area contributed by atoms with Gasteiger partial charge in [0.15, 0.2) is 5.17 Å². The summed E-state index contributed by atoms with van der Waals surface area (Å²) in [5, 5.41) is 2.61. The van der Waals surface area contributed by atoms with Gasteiger partial charge in [0.2, 0.25) is 11.8 Å². The van der Waals surface area contributed by atoms with Gasteiger partial charge in [-0.1, -0.05) is 24.8 Å². The Labute approximate surface area is 179 Å². The molecule has 30 heavy (non-hydrogen) atoms. The largest absolute Gasteiger partial charge is 0.494 e. The summed E-state index contributed by atoms with van der Waals surface area (Å²) in [6.07, 6.45) is 0.990. The van der Waals surface area contributed by atoms with E-state index < -0.39 is 11.1 Å². The molecule has 0 aromatic heterocycles. The summed E-state index contributed by atoms with van der Waals surface area (Å²) in [5.41, 5.74) is 1.02. The minimum absolute atomic E-state index is 0.0736. The van der Waals surface area contributed by atoms with Crippen LogP contribution in [0.1, 0.15) is 26.7 Å². The molecule has 1 heterocycles. The van der Waals surface area contributed by atoms with Crippen LogP contribution in [0.3, 0.4) is 0 Å². The van der Waals surface area contributed by atoms with E-state index in [1.807, 2.05) is 13.8 Å². The molecular weight excluding hydrogens is 405 g/mol. The number of thioether (sulfide) groups is 1. The summed E-state index contributed by atoms with van der Waals surface area (Å²) in [5.74, 6) is -0.138. The number of carbonyl (C=O) groups excluding carboxylic acids is 2. The van der Waals surface area contributed by atoms with Gasteiger partial charge in [0.1, 0.15) is 16.8 Å². The molecule has 8 heteroatoms. The van der Waals surface area contributed by atoms with Gasteiger partial charge in [-0.15, -0.1) is 0 Å². The van der Waals surface area contributed by atoms with Crippen LogP contribution in [0.5, 0.6) is 5.75 Å². The molecule has 3 rings (SSSR count). The Balaban J connectivity index is 1.72. The van der Waals surface area contributed by atoms with Crippen molar-refractivity contribution < 1.29 is 18.7 Å². The van der Waals surface area contributed by atoms with E-state index in [0.717, 1.165) is 12.2 Å². The maximum Gasteiger partial charge on any atom is 0.238 e. The van der Waals surface area contributed by atoms with E-state index in [-0.39, 0.29) is 18.2 Å². The second-order valence-corrected chi connectivity index (χ2v) is 7.85. The molecule has 0 saturated carbocycles. The predicted octanol–water partition coefficient (Wildman–Crippen LogP) is 4.59. The fraction of sp³-hybridized carbons (Fsp3) is 0.318. The number of amides is 2. The first-order valence-corrected chi connectivity index (χ1v) is 10.7. The van der Waals surface area contributed by atoms with Crippen LogP contribution >= 0.6 is 11.8 Å². The van der Waals surface area contributed by atoms with Crippen molar-refractivity contribution in [1.82, 2.24) is 4.90 Å². The third kappa shape index (κ3) is 5.60. The lowest BCUT2D eigenvalue weighted by Gasteiger charge is -2.30. The molecule has 6 nitrogen and oxygen atoms in total. The number of anilines is 1. The van der Waals surface area contributed by atoms with Gasteiger partial charge in [0.25, 0.3) is 0 Å². The number of amidine groups is 1. The average molecular weight is 430 g/mol. The first kappa shape index (κ1) is 21.8. The summed E-state index contributed by atoms with van der Waals surface area (Å²) < 4.78 is 19.0. The molecule has 1 N–H and O–H groups in total. The van der Waals surface area contributed by atoms with Crippen LogP contribution in [0.15, 0.2) is 53.5 Å². The summed E-state index contributed by atoms with van der Waals surface area (Å²) >= 11 is 1.21. The maximum absolute atomic E-state index is 13.5. The number of halogens is 1. The number of aliphatic imine (C=N–C) groups is 1. The molecular formula is C22H24FN3O3S. The summed E-state index contributed by atoms with van der Waals surface area (Å²) in [6.45, 7) is 4.92. The standard InChI is InChI=1S/C22H24FN3O3S/c1-3-12-29-18-10-8-16(9-11-18)24-21(28)19-14-20(27)26(4-2)22(30-19)25-17-7-5-6-15(23)13-17/h5-11,13,19H,3-4,12,14H2,1-2H3,(H,24,28). The molecule has 1 fully saturated rings. The Bertz CT molecular complexity index is 933. The molecule has 2 amide bonds. The van der Waals surface area contributed by atoms with E-state index in [4.69, 9.17) is 4.74 Å². The van der Waals surface area contributed by atoms with Crippen molar-refractivity contribution in [1.29, 1.82) is 0 Å². The highest BCUT2D eigenvalue weighted by Crippen LogP contribution is 2.30. The maximum atomic E-state index is 13.5. The average Bonchev–Trinajstić information content (AvgIpc) is 2.73. The molecule has 0 aliphatic carbocycles. The highest BCUT2D eigenvalue weighted by Gasteiger charge is 2.35. The van der Waals surface area contributed by atoms with Gasteiger partial charge in [-0.25, -0.2) is 9.38 Å². The molecule has 0 radical (unpaired) electrons. The predicted molar refractivity (Wildman–Crippen MR) is 118 cm³/mol. The van der Waals surface area contributed by atoms with Gasteiger partial charge in [-0.2, -0.15) is 0 Å². The van der Waals surface area contributed by atoms with Crippen molar-refractivity contribution in [3.8, 4) is 5.75 Å². The SMILES string of the molecule is CCCOc1ccc(NC(=O)C2CC(=O)N(CC)C(=Nc3cccc(F)c3)S2)cc1. The molecule has 1 atom stereocenters. The van der Waals surface area contributed by atoms with Crippen LogP contribution < -0.4 is 10.1 Å². The van der Waals surface area contributed by atoms with Crippen LogP contribution in [0.25, 0.3) is 0 Å². The summed E-state index contributed by atoms with van der Waals surface area (Å²) in [4.78, 5) is 31.3. The molecule has 0 spiro atoms. The molecule has 1 aliphatic heterocycles. The Morgan fingerprint density at radius 1 is 1.27 bits per heavy atom. The molecule has 2 aromatic rings. The fourth-order valence-corrected chi connectivity index (χ4v) is 4.05. The molecule has 1 saturated heterocycles. The molecule has 1 aliphatic rings. The Morgan fingerprint density at radius 3 is 2.70 bits per heavy atom. The Hall–Kier alpha value is -2.87.